The molecule has 1 rings (SSSR count). The van der Waals surface area contributed by atoms with Crippen molar-refractivity contribution in [3.63, 3.8) is 0 Å². The van der Waals surface area contributed by atoms with E-state index in [1.807, 2.05) is 37.3 Å². The highest BCUT2D eigenvalue weighted by molar-refractivity contribution is 5.70. The van der Waals surface area contributed by atoms with Crippen molar-refractivity contribution in [2.45, 2.75) is 40.0 Å². The highest BCUT2D eigenvalue weighted by Gasteiger charge is 2.14. The van der Waals surface area contributed by atoms with Crippen molar-refractivity contribution in [3.8, 4) is 0 Å². The molecule has 1 aromatic rings. The average molecular weight is 260 g/mol. The van der Waals surface area contributed by atoms with Gasteiger partial charge in [-0.3, -0.25) is 4.79 Å². The Hall–Kier alpha value is -1.57. The molecule has 104 valence electrons. The molecule has 0 aliphatic carbocycles. The van der Waals surface area contributed by atoms with E-state index in [2.05, 4.69) is 19.9 Å². The SMILES string of the molecule is C/C=C(/C)[C@@H](CC)CC(=O)OCCc1ccccc1. The Morgan fingerprint density at radius 2 is 2.00 bits per heavy atom. The molecule has 0 spiro atoms. The molecule has 0 aliphatic rings. The van der Waals surface area contributed by atoms with Gasteiger partial charge in [-0.05, 0) is 31.7 Å². The molecule has 0 saturated heterocycles. The monoisotopic (exact) mass is 260 g/mol. The van der Waals surface area contributed by atoms with E-state index < -0.39 is 0 Å². The fourth-order valence-electron chi connectivity index (χ4n) is 2.05. The van der Waals surface area contributed by atoms with Gasteiger partial charge in [0.15, 0.2) is 0 Å². The summed E-state index contributed by atoms with van der Waals surface area (Å²) < 4.78 is 5.31. The predicted octanol–water partition coefficient (Wildman–Crippen LogP) is 4.15. The minimum Gasteiger partial charge on any atom is -0.465 e. The normalized spacial score (nSPS) is 13.1. The summed E-state index contributed by atoms with van der Waals surface area (Å²) >= 11 is 0. The van der Waals surface area contributed by atoms with Crippen molar-refractivity contribution in [2.24, 2.45) is 5.92 Å². The van der Waals surface area contributed by atoms with Crippen LogP contribution in [0.15, 0.2) is 42.0 Å². The van der Waals surface area contributed by atoms with Crippen LogP contribution in [-0.4, -0.2) is 12.6 Å². The fourth-order valence-corrected chi connectivity index (χ4v) is 2.05. The van der Waals surface area contributed by atoms with Crippen LogP contribution < -0.4 is 0 Å². The lowest BCUT2D eigenvalue weighted by Crippen LogP contribution is -2.13. The van der Waals surface area contributed by atoms with Crippen molar-refractivity contribution in [1.29, 1.82) is 0 Å². The zero-order valence-electron chi connectivity index (χ0n) is 12.2. The largest absolute Gasteiger partial charge is 0.465 e. The Balaban J connectivity index is 2.31. The summed E-state index contributed by atoms with van der Waals surface area (Å²) in [5.41, 5.74) is 2.47. The summed E-state index contributed by atoms with van der Waals surface area (Å²) in [4.78, 5) is 11.8. The number of carbonyl (C=O) groups excluding carboxylic acids is 1. The second-order valence-electron chi connectivity index (χ2n) is 4.80. The molecule has 0 bridgehead atoms. The molecule has 0 aliphatic heterocycles. The highest BCUT2D eigenvalue weighted by Crippen LogP contribution is 2.19. The van der Waals surface area contributed by atoms with E-state index in [0.717, 1.165) is 12.8 Å². The number of ether oxygens (including phenoxy) is 1. The Kier molecular flexibility index (Phi) is 6.94. The van der Waals surface area contributed by atoms with E-state index in [-0.39, 0.29) is 5.97 Å². The second kappa shape index (κ2) is 8.52. The molecule has 0 radical (unpaired) electrons. The molecular formula is C17H24O2. The molecule has 2 nitrogen and oxygen atoms in total. The van der Waals surface area contributed by atoms with Crippen LogP contribution in [0.4, 0.5) is 0 Å². The quantitative estimate of drug-likeness (QED) is 0.543. The predicted molar refractivity (Wildman–Crippen MR) is 78.9 cm³/mol. The maximum absolute atomic E-state index is 11.8. The lowest BCUT2D eigenvalue weighted by atomic mass is 9.94. The van der Waals surface area contributed by atoms with Gasteiger partial charge < -0.3 is 4.74 Å². The fraction of sp³-hybridized carbons (Fsp3) is 0.471. The zero-order chi connectivity index (χ0) is 14.1. The summed E-state index contributed by atoms with van der Waals surface area (Å²) in [7, 11) is 0. The summed E-state index contributed by atoms with van der Waals surface area (Å²) in [6.07, 6.45) is 4.32. The minimum absolute atomic E-state index is 0.0935. The molecule has 0 unspecified atom stereocenters. The molecule has 0 saturated carbocycles. The molecule has 0 N–H and O–H groups in total. The molecule has 0 amide bonds. The number of carbonyl (C=O) groups is 1. The van der Waals surface area contributed by atoms with Gasteiger partial charge in [-0.2, -0.15) is 0 Å². The second-order valence-corrected chi connectivity index (χ2v) is 4.80. The van der Waals surface area contributed by atoms with Gasteiger partial charge in [0.05, 0.1) is 13.0 Å². The van der Waals surface area contributed by atoms with Crippen molar-refractivity contribution in [1.82, 2.24) is 0 Å². The van der Waals surface area contributed by atoms with Crippen molar-refractivity contribution in [2.75, 3.05) is 6.61 Å². The molecule has 1 aromatic carbocycles. The molecule has 1 atom stereocenters. The molecule has 2 heteroatoms. The van der Waals surface area contributed by atoms with Gasteiger partial charge in [0.1, 0.15) is 0 Å². The first-order chi connectivity index (χ1) is 9.17. The van der Waals surface area contributed by atoms with Crippen LogP contribution in [0.3, 0.4) is 0 Å². The van der Waals surface area contributed by atoms with Crippen LogP contribution in [0.5, 0.6) is 0 Å². The first kappa shape index (κ1) is 15.5. The van der Waals surface area contributed by atoms with Crippen LogP contribution in [0.25, 0.3) is 0 Å². The van der Waals surface area contributed by atoms with Crippen LogP contribution >= 0.6 is 0 Å². The summed E-state index contributed by atoms with van der Waals surface area (Å²) in [6.45, 7) is 6.66. The van der Waals surface area contributed by atoms with Crippen LogP contribution in [0.2, 0.25) is 0 Å². The number of allylic oxidation sites excluding steroid dienone is 2. The summed E-state index contributed by atoms with van der Waals surface area (Å²) in [5, 5.41) is 0. The molecule has 0 heterocycles. The molecule has 0 aromatic heterocycles. The van der Waals surface area contributed by atoms with Crippen LogP contribution in [0, 0.1) is 5.92 Å². The number of hydrogen-bond acceptors (Lipinski definition) is 2. The van der Waals surface area contributed by atoms with Gasteiger partial charge in [-0.15, -0.1) is 0 Å². The minimum atomic E-state index is -0.0935. The van der Waals surface area contributed by atoms with Gasteiger partial charge in [0.2, 0.25) is 0 Å². The van der Waals surface area contributed by atoms with E-state index in [0.29, 0.717) is 18.9 Å². The van der Waals surface area contributed by atoms with Crippen LogP contribution in [0.1, 0.15) is 39.2 Å². The zero-order valence-corrected chi connectivity index (χ0v) is 12.2. The lowest BCUT2D eigenvalue weighted by molar-refractivity contribution is -0.144. The standard InChI is InChI=1S/C17H24O2/c1-4-14(3)16(5-2)13-17(18)19-12-11-15-9-7-6-8-10-15/h4,6-10,16H,5,11-13H2,1-3H3/b14-4-/t16-/m0/s1. The Bertz CT molecular complexity index is 407. The maximum Gasteiger partial charge on any atom is 0.306 e. The molecule has 19 heavy (non-hydrogen) atoms. The lowest BCUT2D eigenvalue weighted by Gasteiger charge is -2.14. The Morgan fingerprint density at radius 3 is 2.58 bits per heavy atom. The average Bonchev–Trinajstić information content (AvgIpc) is 2.45. The van der Waals surface area contributed by atoms with Gasteiger partial charge >= 0.3 is 5.97 Å². The maximum atomic E-state index is 11.8. The van der Waals surface area contributed by atoms with Gasteiger partial charge in [0, 0.05) is 6.42 Å². The first-order valence-corrected chi connectivity index (χ1v) is 6.99. The third-order valence-corrected chi connectivity index (χ3v) is 3.50. The van der Waals surface area contributed by atoms with E-state index in [9.17, 15) is 4.79 Å². The number of hydrogen-bond donors (Lipinski definition) is 0. The van der Waals surface area contributed by atoms with E-state index in [1.54, 1.807) is 0 Å². The van der Waals surface area contributed by atoms with E-state index >= 15 is 0 Å². The van der Waals surface area contributed by atoms with Gasteiger partial charge in [0.25, 0.3) is 0 Å². The molecular weight excluding hydrogens is 236 g/mol. The Labute approximate surface area is 116 Å². The smallest absolute Gasteiger partial charge is 0.306 e. The van der Waals surface area contributed by atoms with Crippen molar-refractivity contribution in [3.05, 3.63) is 47.5 Å². The van der Waals surface area contributed by atoms with Crippen LogP contribution in [-0.2, 0) is 16.0 Å². The number of rotatable bonds is 7. The van der Waals surface area contributed by atoms with E-state index in [1.165, 1.54) is 11.1 Å². The Morgan fingerprint density at radius 1 is 1.32 bits per heavy atom. The van der Waals surface area contributed by atoms with Crippen molar-refractivity contribution < 1.29 is 9.53 Å². The third-order valence-electron chi connectivity index (χ3n) is 3.50. The number of benzene rings is 1. The molecule has 0 fully saturated rings. The topological polar surface area (TPSA) is 26.3 Å². The summed E-state index contributed by atoms with van der Waals surface area (Å²) in [6, 6.07) is 10.1. The van der Waals surface area contributed by atoms with Crippen molar-refractivity contribution >= 4 is 5.97 Å². The summed E-state index contributed by atoms with van der Waals surface area (Å²) in [5.74, 6) is 0.221. The van der Waals surface area contributed by atoms with E-state index in [4.69, 9.17) is 4.74 Å². The third kappa shape index (κ3) is 5.73. The number of esters is 1. The highest BCUT2D eigenvalue weighted by atomic mass is 16.5. The van der Waals surface area contributed by atoms with Gasteiger partial charge in [-0.25, -0.2) is 0 Å². The van der Waals surface area contributed by atoms with Gasteiger partial charge in [-0.1, -0.05) is 48.9 Å². The first-order valence-electron chi connectivity index (χ1n) is 6.99.